The Balaban J connectivity index is 2.81. The minimum atomic E-state index is -1.06. The molecule has 104 valence electrons. The Morgan fingerprint density at radius 1 is 1.37 bits per heavy atom. The SMILES string of the molecule is CC(C)C[C@@H](NC(=O)c1ccc(I)c(O)c1)C(=O)O. The number of carboxylic acid groups (broad SMARTS) is 1. The van der Waals surface area contributed by atoms with Crippen LogP contribution in [0.5, 0.6) is 5.75 Å². The van der Waals surface area contributed by atoms with E-state index in [9.17, 15) is 14.7 Å². The van der Waals surface area contributed by atoms with Crippen molar-refractivity contribution in [2.45, 2.75) is 26.3 Å². The van der Waals surface area contributed by atoms with Gasteiger partial charge in [0.1, 0.15) is 11.8 Å². The van der Waals surface area contributed by atoms with E-state index in [-0.39, 0.29) is 17.2 Å². The summed E-state index contributed by atoms with van der Waals surface area (Å²) in [6, 6.07) is 3.55. The zero-order chi connectivity index (χ0) is 14.6. The molecule has 1 aromatic rings. The number of nitrogens with one attached hydrogen (secondary N) is 1. The van der Waals surface area contributed by atoms with E-state index >= 15 is 0 Å². The van der Waals surface area contributed by atoms with Gasteiger partial charge < -0.3 is 15.5 Å². The third kappa shape index (κ3) is 4.70. The molecule has 3 N–H and O–H groups in total. The monoisotopic (exact) mass is 377 g/mol. The van der Waals surface area contributed by atoms with Crippen molar-refractivity contribution in [1.82, 2.24) is 5.32 Å². The lowest BCUT2D eigenvalue weighted by molar-refractivity contribution is -0.139. The summed E-state index contributed by atoms with van der Waals surface area (Å²) >= 11 is 1.94. The summed E-state index contributed by atoms with van der Waals surface area (Å²) < 4.78 is 0.631. The van der Waals surface area contributed by atoms with Crippen molar-refractivity contribution in [2.75, 3.05) is 0 Å². The molecule has 6 heteroatoms. The molecule has 0 aromatic heterocycles. The maximum Gasteiger partial charge on any atom is 0.326 e. The zero-order valence-electron chi connectivity index (χ0n) is 10.7. The number of hydrogen-bond acceptors (Lipinski definition) is 3. The van der Waals surface area contributed by atoms with Crippen LogP contribution < -0.4 is 5.32 Å². The predicted octanol–water partition coefficient (Wildman–Crippen LogP) is 2.23. The molecule has 1 amide bonds. The average molecular weight is 377 g/mol. The molecule has 0 saturated carbocycles. The molecular formula is C13H16INO4. The van der Waals surface area contributed by atoms with Crippen LogP contribution in [0.15, 0.2) is 18.2 Å². The number of carbonyl (C=O) groups excluding carboxylic acids is 1. The van der Waals surface area contributed by atoms with Crippen LogP contribution in [0.2, 0.25) is 0 Å². The van der Waals surface area contributed by atoms with E-state index < -0.39 is 17.9 Å². The van der Waals surface area contributed by atoms with Crippen molar-refractivity contribution in [2.24, 2.45) is 5.92 Å². The average Bonchev–Trinajstić information content (AvgIpc) is 2.31. The van der Waals surface area contributed by atoms with Crippen LogP contribution in [-0.4, -0.2) is 28.1 Å². The summed E-state index contributed by atoms with van der Waals surface area (Å²) in [5.74, 6) is -1.40. The van der Waals surface area contributed by atoms with Crippen molar-refractivity contribution >= 4 is 34.5 Å². The molecule has 0 aliphatic carbocycles. The van der Waals surface area contributed by atoms with Gasteiger partial charge in [0.05, 0.1) is 3.57 Å². The summed E-state index contributed by atoms with van der Waals surface area (Å²) in [6.45, 7) is 3.78. The largest absolute Gasteiger partial charge is 0.507 e. The zero-order valence-corrected chi connectivity index (χ0v) is 12.8. The summed E-state index contributed by atoms with van der Waals surface area (Å²) in [5.41, 5.74) is 0.243. The Hall–Kier alpha value is -1.31. The summed E-state index contributed by atoms with van der Waals surface area (Å²) in [7, 11) is 0. The summed E-state index contributed by atoms with van der Waals surface area (Å²) in [5, 5.41) is 21.0. The molecule has 1 aromatic carbocycles. The van der Waals surface area contributed by atoms with Crippen LogP contribution in [0.1, 0.15) is 30.6 Å². The van der Waals surface area contributed by atoms with E-state index in [1.54, 1.807) is 12.1 Å². The van der Waals surface area contributed by atoms with Gasteiger partial charge >= 0.3 is 5.97 Å². The highest BCUT2D eigenvalue weighted by molar-refractivity contribution is 14.1. The first-order valence-corrected chi connectivity index (χ1v) is 6.91. The van der Waals surface area contributed by atoms with Crippen LogP contribution in [0.25, 0.3) is 0 Å². The molecule has 0 bridgehead atoms. The second kappa shape index (κ2) is 6.74. The maximum atomic E-state index is 11.9. The number of amides is 1. The third-order valence-electron chi connectivity index (χ3n) is 2.52. The lowest BCUT2D eigenvalue weighted by Gasteiger charge is -2.16. The first kappa shape index (κ1) is 15.7. The third-order valence-corrected chi connectivity index (χ3v) is 3.43. The quantitative estimate of drug-likeness (QED) is 0.687. The van der Waals surface area contributed by atoms with E-state index in [0.717, 1.165) is 0 Å². The number of aliphatic carboxylic acids is 1. The normalized spacial score (nSPS) is 12.2. The Bertz CT molecular complexity index is 488. The highest BCUT2D eigenvalue weighted by Crippen LogP contribution is 2.20. The first-order valence-electron chi connectivity index (χ1n) is 5.83. The number of phenols is 1. The molecule has 0 radical (unpaired) electrons. The van der Waals surface area contributed by atoms with Gasteiger partial charge in [-0.05, 0) is 53.1 Å². The van der Waals surface area contributed by atoms with Crippen molar-refractivity contribution in [3.05, 3.63) is 27.3 Å². The van der Waals surface area contributed by atoms with Gasteiger partial charge in [-0.1, -0.05) is 13.8 Å². The molecule has 0 fully saturated rings. The smallest absolute Gasteiger partial charge is 0.326 e. The molecular weight excluding hydrogens is 361 g/mol. The number of rotatable bonds is 5. The number of hydrogen-bond donors (Lipinski definition) is 3. The van der Waals surface area contributed by atoms with Crippen molar-refractivity contribution in [3.8, 4) is 5.75 Å². The molecule has 0 heterocycles. The number of carbonyl (C=O) groups is 2. The second-order valence-corrected chi connectivity index (χ2v) is 5.82. The topological polar surface area (TPSA) is 86.6 Å². The molecule has 1 atom stereocenters. The van der Waals surface area contributed by atoms with Crippen molar-refractivity contribution in [1.29, 1.82) is 0 Å². The van der Waals surface area contributed by atoms with Crippen LogP contribution in [-0.2, 0) is 4.79 Å². The van der Waals surface area contributed by atoms with E-state index in [2.05, 4.69) is 5.32 Å². The maximum absolute atomic E-state index is 11.9. The van der Waals surface area contributed by atoms with Crippen LogP contribution in [0.4, 0.5) is 0 Å². The highest BCUT2D eigenvalue weighted by Gasteiger charge is 2.21. The van der Waals surface area contributed by atoms with Crippen LogP contribution in [0, 0.1) is 9.49 Å². The van der Waals surface area contributed by atoms with Gasteiger partial charge in [0.15, 0.2) is 0 Å². The van der Waals surface area contributed by atoms with Gasteiger partial charge in [-0.2, -0.15) is 0 Å². The van der Waals surface area contributed by atoms with E-state index in [1.165, 1.54) is 6.07 Å². The van der Waals surface area contributed by atoms with E-state index in [1.807, 2.05) is 36.4 Å². The minimum Gasteiger partial charge on any atom is -0.507 e. The molecule has 0 saturated heterocycles. The number of benzene rings is 1. The van der Waals surface area contributed by atoms with Gasteiger partial charge in [-0.25, -0.2) is 4.79 Å². The van der Waals surface area contributed by atoms with Gasteiger partial charge in [-0.15, -0.1) is 0 Å². The first-order chi connectivity index (χ1) is 8.81. The fraction of sp³-hybridized carbons (Fsp3) is 0.385. The molecule has 19 heavy (non-hydrogen) atoms. The standard InChI is InChI=1S/C13H16INO4/c1-7(2)5-10(13(18)19)15-12(17)8-3-4-9(14)11(16)6-8/h3-4,6-7,10,16H,5H2,1-2H3,(H,15,17)(H,18,19)/t10-/m1/s1. The highest BCUT2D eigenvalue weighted by atomic mass is 127. The Morgan fingerprint density at radius 2 is 2.00 bits per heavy atom. The predicted molar refractivity (Wildman–Crippen MR) is 79.2 cm³/mol. The molecule has 0 aliphatic rings. The second-order valence-electron chi connectivity index (χ2n) is 4.66. The van der Waals surface area contributed by atoms with Gasteiger partial charge in [0.25, 0.3) is 5.91 Å². The van der Waals surface area contributed by atoms with E-state index in [0.29, 0.717) is 9.99 Å². The van der Waals surface area contributed by atoms with Gasteiger partial charge in [-0.3, -0.25) is 4.79 Å². The van der Waals surface area contributed by atoms with E-state index in [4.69, 9.17) is 5.11 Å². The fourth-order valence-electron chi connectivity index (χ4n) is 1.59. The number of phenolic OH excluding ortho intramolecular Hbond substituents is 1. The Morgan fingerprint density at radius 3 is 2.47 bits per heavy atom. The Labute approximate surface area is 125 Å². The minimum absolute atomic E-state index is 0.00369. The van der Waals surface area contributed by atoms with Crippen molar-refractivity contribution < 1.29 is 19.8 Å². The molecule has 5 nitrogen and oxygen atoms in total. The number of carboxylic acids is 1. The number of halogens is 1. The van der Waals surface area contributed by atoms with Crippen LogP contribution in [0.3, 0.4) is 0 Å². The van der Waals surface area contributed by atoms with Gasteiger partial charge in [0, 0.05) is 5.56 Å². The molecule has 1 rings (SSSR count). The number of aromatic hydroxyl groups is 1. The lowest BCUT2D eigenvalue weighted by Crippen LogP contribution is -2.41. The summed E-state index contributed by atoms with van der Waals surface area (Å²) in [4.78, 5) is 23.0. The molecule has 0 aliphatic heterocycles. The fourth-order valence-corrected chi connectivity index (χ4v) is 1.92. The Kier molecular flexibility index (Phi) is 5.59. The summed E-state index contributed by atoms with van der Waals surface area (Å²) in [6.07, 6.45) is 0.359. The van der Waals surface area contributed by atoms with Crippen LogP contribution >= 0.6 is 22.6 Å². The molecule has 0 unspecified atom stereocenters. The van der Waals surface area contributed by atoms with Crippen molar-refractivity contribution in [3.63, 3.8) is 0 Å². The lowest BCUT2D eigenvalue weighted by atomic mass is 10.0. The molecule has 0 spiro atoms. The van der Waals surface area contributed by atoms with Gasteiger partial charge in [0.2, 0.25) is 0 Å².